The summed E-state index contributed by atoms with van der Waals surface area (Å²) in [6, 6.07) is 2.12. The van der Waals surface area contributed by atoms with Gasteiger partial charge >= 0.3 is 6.09 Å². The maximum absolute atomic E-state index is 11.8. The number of alkyl carbamates (subject to hydrolysis) is 1. The molecule has 1 aliphatic carbocycles. The average molecular weight is 252 g/mol. The van der Waals surface area contributed by atoms with Crippen molar-refractivity contribution in [2.24, 2.45) is 11.3 Å². The Morgan fingerprint density at radius 1 is 1.39 bits per heavy atom. The van der Waals surface area contributed by atoms with E-state index in [9.17, 15) is 10.1 Å². The number of amides is 1. The highest BCUT2D eigenvalue weighted by molar-refractivity contribution is 5.68. The maximum atomic E-state index is 11.8. The molecule has 0 heterocycles. The largest absolute Gasteiger partial charge is 0.444 e. The van der Waals surface area contributed by atoms with Crippen molar-refractivity contribution in [3.05, 3.63) is 0 Å². The van der Waals surface area contributed by atoms with Crippen molar-refractivity contribution in [2.75, 3.05) is 0 Å². The highest BCUT2D eigenvalue weighted by atomic mass is 16.6. The predicted octanol–water partition coefficient (Wildman–Crippen LogP) is 3.23. The summed E-state index contributed by atoms with van der Waals surface area (Å²) >= 11 is 0. The Morgan fingerprint density at radius 2 is 1.94 bits per heavy atom. The number of hydrogen-bond donors (Lipinski definition) is 1. The van der Waals surface area contributed by atoms with Crippen molar-refractivity contribution in [2.45, 2.75) is 65.5 Å². The summed E-state index contributed by atoms with van der Waals surface area (Å²) in [5, 5.41) is 12.1. The van der Waals surface area contributed by atoms with Crippen LogP contribution < -0.4 is 5.32 Å². The molecule has 0 aromatic heterocycles. The first-order valence-electron chi connectivity index (χ1n) is 6.55. The van der Waals surface area contributed by atoms with Crippen molar-refractivity contribution >= 4 is 6.09 Å². The number of carbonyl (C=O) groups is 1. The molecule has 1 unspecified atom stereocenters. The summed E-state index contributed by atoms with van der Waals surface area (Å²) in [6.07, 6.45) is 2.83. The van der Waals surface area contributed by atoms with Gasteiger partial charge in [0.05, 0.1) is 17.5 Å². The second-order valence-corrected chi connectivity index (χ2v) is 6.71. The van der Waals surface area contributed by atoms with Crippen molar-refractivity contribution in [3.8, 4) is 6.07 Å². The van der Waals surface area contributed by atoms with Crippen LogP contribution in [0.1, 0.15) is 53.9 Å². The lowest BCUT2D eigenvalue weighted by atomic mass is 9.83. The number of rotatable bonds is 4. The minimum atomic E-state index is -0.570. The van der Waals surface area contributed by atoms with E-state index in [4.69, 9.17) is 4.74 Å². The third-order valence-corrected chi connectivity index (χ3v) is 3.12. The topological polar surface area (TPSA) is 62.1 Å². The van der Waals surface area contributed by atoms with Gasteiger partial charge in [-0.05, 0) is 47.0 Å². The van der Waals surface area contributed by atoms with Gasteiger partial charge in [0, 0.05) is 0 Å². The molecule has 0 bridgehead atoms. The average Bonchev–Trinajstić information content (AvgIpc) is 2.97. The van der Waals surface area contributed by atoms with Crippen LogP contribution in [-0.2, 0) is 4.74 Å². The van der Waals surface area contributed by atoms with Crippen molar-refractivity contribution in [3.63, 3.8) is 0 Å². The molecule has 0 radical (unpaired) electrons. The minimum absolute atomic E-state index is 0.148. The van der Waals surface area contributed by atoms with E-state index < -0.39 is 17.1 Å². The molecule has 1 aliphatic rings. The lowest BCUT2D eigenvalue weighted by molar-refractivity contribution is 0.0469. The smallest absolute Gasteiger partial charge is 0.407 e. The molecule has 4 heteroatoms. The molecular formula is C14H24N2O2. The second-order valence-electron chi connectivity index (χ2n) is 6.71. The fourth-order valence-electron chi connectivity index (χ4n) is 1.75. The summed E-state index contributed by atoms with van der Waals surface area (Å²) < 4.78 is 5.25. The number of carbonyl (C=O) groups excluding carboxylic acids is 1. The molecule has 1 saturated carbocycles. The van der Waals surface area contributed by atoms with Gasteiger partial charge in [-0.3, -0.25) is 0 Å². The molecule has 4 nitrogen and oxygen atoms in total. The number of ether oxygens (including phenoxy) is 1. The summed E-state index contributed by atoms with van der Waals surface area (Å²) in [7, 11) is 0. The van der Waals surface area contributed by atoms with Gasteiger partial charge in [-0.2, -0.15) is 5.26 Å². The van der Waals surface area contributed by atoms with Gasteiger partial charge in [-0.1, -0.05) is 12.8 Å². The Balaban J connectivity index is 2.61. The van der Waals surface area contributed by atoms with Crippen LogP contribution in [0.2, 0.25) is 0 Å². The van der Waals surface area contributed by atoms with E-state index >= 15 is 0 Å². The normalized spacial score (nSPS) is 17.8. The van der Waals surface area contributed by atoms with Crippen LogP contribution in [0, 0.1) is 22.7 Å². The van der Waals surface area contributed by atoms with Crippen LogP contribution in [0.3, 0.4) is 0 Å². The third-order valence-electron chi connectivity index (χ3n) is 3.12. The van der Waals surface area contributed by atoms with Gasteiger partial charge in [0.1, 0.15) is 5.60 Å². The molecule has 1 fully saturated rings. The van der Waals surface area contributed by atoms with E-state index in [0.717, 1.165) is 6.42 Å². The molecule has 1 N–H and O–H groups in total. The highest BCUT2D eigenvalue weighted by Gasteiger charge is 2.36. The summed E-state index contributed by atoms with van der Waals surface area (Å²) in [5.41, 5.74) is -1.08. The molecule has 1 amide bonds. The molecule has 1 atom stereocenters. The second kappa shape index (κ2) is 5.17. The number of nitriles is 1. The van der Waals surface area contributed by atoms with Crippen molar-refractivity contribution < 1.29 is 9.53 Å². The molecule has 0 aliphatic heterocycles. The van der Waals surface area contributed by atoms with Crippen LogP contribution in [0.5, 0.6) is 0 Å². The van der Waals surface area contributed by atoms with E-state index in [1.54, 1.807) is 0 Å². The monoisotopic (exact) mass is 252 g/mol. The third kappa shape index (κ3) is 4.95. The van der Waals surface area contributed by atoms with E-state index in [-0.39, 0.29) is 6.04 Å². The molecule has 0 aromatic rings. The first kappa shape index (κ1) is 14.8. The Bertz CT molecular complexity index is 346. The first-order chi connectivity index (χ1) is 8.14. The Labute approximate surface area is 110 Å². The zero-order valence-electron chi connectivity index (χ0n) is 12.0. The Morgan fingerprint density at radius 3 is 2.33 bits per heavy atom. The van der Waals surface area contributed by atoms with Crippen molar-refractivity contribution in [1.82, 2.24) is 5.32 Å². The summed E-state index contributed by atoms with van der Waals surface area (Å²) in [4.78, 5) is 11.8. The highest BCUT2D eigenvalue weighted by Crippen LogP contribution is 2.37. The quantitative estimate of drug-likeness (QED) is 0.835. The van der Waals surface area contributed by atoms with Crippen LogP contribution in [-0.4, -0.2) is 17.7 Å². The van der Waals surface area contributed by atoms with Crippen LogP contribution in [0.4, 0.5) is 4.79 Å². The lowest BCUT2D eigenvalue weighted by Crippen LogP contribution is -2.46. The maximum Gasteiger partial charge on any atom is 0.407 e. The van der Waals surface area contributed by atoms with Crippen molar-refractivity contribution in [1.29, 1.82) is 5.26 Å². The molecule has 1 rings (SSSR count). The van der Waals surface area contributed by atoms with E-state index in [1.807, 2.05) is 34.6 Å². The van der Waals surface area contributed by atoms with E-state index in [1.165, 1.54) is 12.8 Å². The molecule has 0 spiro atoms. The summed E-state index contributed by atoms with van der Waals surface area (Å²) in [6.45, 7) is 9.21. The first-order valence-corrected chi connectivity index (χ1v) is 6.55. The molecule has 18 heavy (non-hydrogen) atoms. The van der Waals surface area contributed by atoms with Gasteiger partial charge in [-0.15, -0.1) is 0 Å². The van der Waals surface area contributed by atoms with Gasteiger partial charge in [0.2, 0.25) is 0 Å². The standard InChI is InChI=1S/C14H24N2O2/c1-13(2,3)18-12(17)16-11(8-10-6-7-10)14(4,5)9-15/h10-11H,6-8H2,1-5H3,(H,16,17). The van der Waals surface area contributed by atoms with Crippen LogP contribution in [0.15, 0.2) is 0 Å². The SMILES string of the molecule is CC(C)(C)OC(=O)NC(CC1CC1)C(C)(C)C#N. The number of nitrogens with one attached hydrogen (secondary N) is 1. The van der Waals surface area contributed by atoms with Gasteiger partial charge in [0.15, 0.2) is 0 Å². The summed E-state index contributed by atoms with van der Waals surface area (Å²) in [5.74, 6) is 0.651. The van der Waals surface area contributed by atoms with Gasteiger partial charge in [0.25, 0.3) is 0 Å². The van der Waals surface area contributed by atoms with E-state index in [0.29, 0.717) is 5.92 Å². The van der Waals surface area contributed by atoms with Gasteiger partial charge in [-0.25, -0.2) is 4.79 Å². The number of hydrogen-bond acceptors (Lipinski definition) is 3. The van der Waals surface area contributed by atoms with Crippen LogP contribution >= 0.6 is 0 Å². The Kier molecular flexibility index (Phi) is 4.26. The molecule has 0 aromatic carbocycles. The lowest BCUT2D eigenvalue weighted by Gasteiger charge is -2.30. The fraction of sp³-hybridized carbons (Fsp3) is 0.857. The molecule has 0 saturated heterocycles. The Hall–Kier alpha value is -1.24. The zero-order valence-corrected chi connectivity index (χ0v) is 12.0. The zero-order chi connectivity index (χ0) is 14.0. The minimum Gasteiger partial charge on any atom is -0.444 e. The predicted molar refractivity (Wildman–Crippen MR) is 69.9 cm³/mol. The molecular weight excluding hydrogens is 228 g/mol. The number of nitrogens with zero attached hydrogens (tertiary/aromatic N) is 1. The fourth-order valence-corrected chi connectivity index (χ4v) is 1.75. The van der Waals surface area contributed by atoms with Gasteiger partial charge < -0.3 is 10.1 Å². The molecule has 102 valence electrons. The van der Waals surface area contributed by atoms with Crippen LogP contribution in [0.25, 0.3) is 0 Å². The van der Waals surface area contributed by atoms with E-state index in [2.05, 4.69) is 11.4 Å².